The van der Waals surface area contributed by atoms with Gasteiger partial charge in [0, 0.05) is 12.8 Å². The van der Waals surface area contributed by atoms with Crippen LogP contribution in [0.5, 0.6) is 0 Å². The fraction of sp³-hybridized carbons (Fsp3) is 0.783. The number of phosphoric acid groups is 1. The quantitative estimate of drug-likeness (QED) is 0.0214. The molecule has 0 aromatic heterocycles. The highest BCUT2D eigenvalue weighted by Crippen LogP contribution is 2.43. The summed E-state index contributed by atoms with van der Waals surface area (Å²) in [6, 6.07) is 0. The van der Waals surface area contributed by atoms with Crippen molar-refractivity contribution in [1.82, 2.24) is 0 Å². The molecule has 10 heteroatoms. The van der Waals surface area contributed by atoms with Crippen molar-refractivity contribution in [2.45, 2.75) is 187 Å². The number of quaternary nitrogens is 1. The molecule has 326 valence electrons. The molecule has 0 spiro atoms. The molecule has 1 unspecified atom stereocenters. The van der Waals surface area contributed by atoms with Crippen LogP contribution in [0, 0.1) is 0 Å². The molecule has 1 N–H and O–H groups in total. The molecule has 0 bridgehead atoms. The van der Waals surface area contributed by atoms with Gasteiger partial charge in [0.1, 0.15) is 19.8 Å². The van der Waals surface area contributed by atoms with Crippen LogP contribution >= 0.6 is 7.82 Å². The van der Waals surface area contributed by atoms with Gasteiger partial charge in [0.25, 0.3) is 0 Å². The topological polar surface area (TPSA) is 108 Å². The highest BCUT2D eigenvalue weighted by molar-refractivity contribution is 7.47. The average Bonchev–Trinajstić information content (AvgIpc) is 3.15. The van der Waals surface area contributed by atoms with Crippen LogP contribution in [0.15, 0.2) is 48.6 Å². The number of carbonyl (C=O) groups is 2. The molecule has 0 amide bonds. The van der Waals surface area contributed by atoms with Crippen molar-refractivity contribution in [3.63, 3.8) is 0 Å². The summed E-state index contributed by atoms with van der Waals surface area (Å²) >= 11 is 0. The minimum atomic E-state index is -4.38. The van der Waals surface area contributed by atoms with E-state index in [9.17, 15) is 19.0 Å². The van der Waals surface area contributed by atoms with Gasteiger partial charge in [0.15, 0.2) is 6.10 Å². The number of ether oxygens (including phenoxy) is 2. The van der Waals surface area contributed by atoms with Crippen LogP contribution in [0.1, 0.15) is 181 Å². The molecular weight excluding hydrogens is 725 g/mol. The molecule has 0 radical (unpaired) electrons. The van der Waals surface area contributed by atoms with Crippen molar-refractivity contribution < 1.29 is 42.1 Å². The summed E-state index contributed by atoms with van der Waals surface area (Å²) in [4.78, 5) is 35.4. The highest BCUT2D eigenvalue weighted by Gasteiger charge is 2.27. The largest absolute Gasteiger partial charge is 0.472 e. The van der Waals surface area contributed by atoms with Crippen LogP contribution in [-0.2, 0) is 32.7 Å². The Morgan fingerprint density at radius 2 is 0.964 bits per heavy atom. The first-order chi connectivity index (χ1) is 27.0. The lowest BCUT2D eigenvalue weighted by molar-refractivity contribution is -0.870. The minimum Gasteiger partial charge on any atom is -0.462 e. The van der Waals surface area contributed by atoms with E-state index in [1.165, 1.54) is 83.5 Å². The van der Waals surface area contributed by atoms with Crippen LogP contribution in [0.25, 0.3) is 0 Å². The Kier molecular flexibility index (Phi) is 37.1. The van der Waals surface area contributed by atoms with E-state index in [1.807, 2.05) is 21.1 Å². The molecule has 0 aliphatic rings. The van der Waals surface area contributed by atoms with Gasteiger partial charge >= 0.3 is 19.8 Å². The Morgan fingerprint density at radius 3 is 1.48 bits per heavy atom. The Morgan fingerprint density at radius 1 is 0.554 bits per heavy atom. The third kappa shape index (κ3) is 41.6. The number of phosphoric ester groups is 1. The summed E-state index contributed by atoms with van der Waals surface area (Å²) < 4.78 is 34.3. The monoisotopic (exact) mass is 811 g/mol. The molecule has 56 heavy (non-hydrogen) atoms. The summed E-state index contributed by atoms with van der Waals surface area (Å²) in [7, 11) is 1.45. The van der Waals surface area contributed by atoms with E-state index in [2.05, 4.69) is 62.5 Å². The van der Waals surface area contributed by atoms with Crippen molar-refractivity contribution in [2.75, 3.05) is 47.5 Å². The fourth-order valence-corrected chi connectivity index (χ4v) is 6.52. The highest BCUT2D eigenvalue weighted by atomic mass is 31.2. The predicted molar refractivity (Wildman–Crippen MR) is 233 cm³/mol. The fourth-order valence-electron chi connectivity index (χ4n) is 5.78. The van der Waals surface area contributed by atoms with Gasteiger partial charge in [0.2, 0.25) is 0 Å². The number of unbranched alkanes of at least 4 members (excludes halogenated alkanes) is 18. The van der Waals surface area contributed by atoms with E-state index in [0.29, 0.717) is 23.9 Å². The average molecular weight is 811 g/mol. The second-order valence-corrected chi connectivity index (χ2v) is 17.5. The molecule has 0 aliphatic carbocycles. The number of esters is 2. The van der Waals surface area contributed by atoms with Gasteiger partial charge in [-0.25, -0.2) is 4.57 Å². The zero-order valence-electron chi connectivity index (χ0n) is 36.6. The SMILES string of the molecule is CCCCC/C=C/C/C=C/CCCCCCCCCC(=O)O[C@H](COC(=O)CCCC/C=C/C/C=C/CCCCCCCC)COP(=O)(O)OCC[N+](C)(C)C. The number of allylic oxidation sites excluding steroid dienone is 8. The van der Waals surface area contributed by atoms with E-state index in [1.54, 1.807) is 0 Å². The first-order valence-electron chi connectivity index (χ1n) is 22.4. The van der Waals surface area contributed by atoms with Crippen LogP contribution in [0.2, 0.25) is 0 Å². The lowest BCUT2D eigenvalue weighted by Gasteiger charge is -2.24. The van der Waals surface area contributed by atoms with Crippen LogP contribution in [0.4, 0.5) is 0 Å². The molecule has 0 heterocycles. The lowest BCUT2D eigenvalue weighted by Crippen LogP contribution is -2.37. The van der Waals surface area contributed by atoms with Gasteiger partial charge in [0.05, 0.1) is 27.7 Å². The zero-order valence-corrected chi connectivity index (χ0v) is 37.5. The summed E-state index contributed by atoms with van der Waals surface area (Å²) in [6.45, 7) is 4.34. The summed E-state index contributed by atoms with van der Waals surface area (Å²) in [5.41, 5.74) is 0. The van der Waals surface area contributed by atoms with E-state index >= 15 is 0 Å². The molecular formula is C46H85NO8P+. The first kappa shape index (κ1) is 54.0. The van der Waals surface area contributed by atoms with Gasteiger partial charge in [-0.2, -0.15) is 0 Å². The molecule has 9 nitrogen and oxygen atoms in total. The van der Waals surface area contributed by atoms with E-state index in [-0.39, 0.29) is 26.1 Å². The van der Waals surface area contributed by atoms with Crippen molar-refractivity contribution >= 4 is 19.8 Å². The second kappa shape index (κ2) is 38.5. The summed E-state index contributed by atoms with van der Waals surface area (Å²) in [5, 5.41) is 0. The molecule has 0 fully saturated rings. The minimum absolute atomic E-state index is 0.0238. The van der Waals surface area contributed by atoms with Crippen molar-refractivity contribution in [1.29, 1.82) is 0 Å². The summed E-state index contributed by atoms with van der Waals surface area (Å²) in [5.74, 6) is -0.847. The molecule has 0 saturated carbocycles. The Bertz CT molecular complexity index is 1100. The van der Waals surface area contributed by atoms with Crippen molar-refractivity contribution in [2.24, 2.45) is 0 Å². The smallest absolute Gasteiger partial charge is 0.462 e. The van der Waals surface area contributed by atoms with E-state index in [0.717, 1.165) is 57.8 Å². The molecule has 0 saturated heterocycles. The number of nitrogens with zero attached hydrogens (tertiary/aromatic N) is 1. The third-order valence-corrected chi connectivity index (χ3v) is 10.3. The maximum Gasteiger partial charge on any atom is 0.472 e. The predicted octanol–water partition coefficient (Wildman–Crippen LogP) is 12.7. The van der Waals surface area contributed by atoms with E-state index < -0.39 is 32.5 Å². The van der Waals surface area contributed by atoms with Crippen molar-refractivity contribution in [3.8, 4) is 0 Å². The van der Waals surface area contributed by atoms with Crippen molar-refractivity contribution in [3.05, 3.63) is 48.6 Å². The second-order valence-electron chi connectivity index (χ2n) is 16.1. The number of hydrogen-bond donors (Lipinski definition) is 1. The van der Waals surface area contributed by atoms with Gasteiger partial charge in [-0.15, -0.1) is 0 Å². The molecule has 0 aliphatic heterocycles. The molecule has 0 aromatic rings. The Balaban J connectivity index is 4.42. The standard InChI is InChI=1S/C46H84NO8P/c1-6-8-10-12-14-16-18-20-22-23-25-27-29-31-33-35-37-39-46(49)55-44(43-54-56(50,51)53-41-40-47(3,4)5)42-52-45(48)38-36-34-32-30-28-26-24-21-19-17-15-13-11-9-7-2/h14,16,20-22,24,28,30,44H,6-13,15,17-19,23,25-27,29,31-43H2,1-5H3/p+1/b16-14+,22-20+,24-21+,30-28+/t44-/m1/s1. The Labute approximate surface area is 343 Å². The third-order valence-electron chi connectivity index (χ3n) is 9.33. The molecule has 0 rings (SSSR count). The van der Waals surface area contributed by atoms with Gasteiger partial charge in [-0.05, 0) is 77.0 Å². The number of likely N-dealkylation sites (N-methyl/N-ethyl adjacent to an activating group) is 1. The van der Waals surface area contributed by atoms with E-state index in [4.69, 9.17) is 18.5 Å². The van der Waals surface area contributed by atoms with Gasteiger partial charge in [-0.1, -0.05) is 140 Å². The number of rotatable bonds is 40. The number of carbonyl (C=O) groups excluding carboxylic acids is 2. The van der Waals surface area contributed by atoms with Gasteiger partial charge in [-0.3, -0.25) is 18.6 Å². The Hall–Kier alpha value is -2.03. The maximum atomic E-state index is 12.7. The number of hydrogen-bond acceptors (Lipinski definition) is 7. The molecule has 2 atom stereocenters. The van der Waals surface area contributed by atoms with Crippen LogP contribution in [-0.4, -0.2) is 74.9 Å². The van der Waals surface area contributed by atoms with Gasteiger partial charge < -0.3 is 18.9 Å². The lowest BCUT2D eigenvalue weighted by atomic mass is 10.1. The molecule has 0 aromatic carbocycles. The normalized spacial score (nSPS) is 14.0. The summed E-state index contributed by atoms with van der Waals surface area (Å²) in [6.07, 6.45) is 44.4. The first-order valence-corrected chi connectivity index (χ1v) is 23.9. The van der Waals surface area contributed by atoms with Crippen LogP contribution < -0.4 is 0 Å². The van der Waals surface area contributed by atoms with Crippen LogP contribution in [0.3, 0.4) is 0 Å². The zero-order chi connectivity index (χ0) is 41.4. The maximum absolute atomic E-state index is 12.7.